The fraction of sp³-hybridized carbons (Fsp3) is 0.667. The van der Waals surface area contributed by atoms with Crippen molar-refractivity contribution in [2.45, 2.75) is 58.9 Å². The summed E-state index contributed by atoms with van der Waals surface area (Å²) in [5, 5.41) is 7.03. The van der Waals surface area contributed by atoms with Gasteiger partial charge in [-0.1, -0.05) is 27.7 Å². The molecule has 0 aliphatic heterocycles. The lowest BCUT2D eigenvalue weighted by atomic mass is 9.89. The van der Waals surface area contributed by atoms with Gasteiger partial charge in [0.05, 0.1) is 23.8 Å². The van der Waals surface area contributed by atoms with Crippen LogP contribution in [0, 0.1) is 0 Å². The van der Waals surface area contributed by atoms with E-state index in [1.165, 1.54) is 0 Å². The Balaban J connectivity index is 2.77. The zero-order chi connectivity index (χ0) is 13.4. The summed E-state index contributed by atoms with van der Waals surface area (Å²) in [5.74, 6) is 0. The Labute approximate surface area is 111 Å². The molecule has 0 spiro atoms. The summed E-state index contributed by atoms with van der Waals surface area (Å²) < 4.78 is 0. The van der Waals surface area contributed by atoms with Gasteiger partial charge in [-0.2, -0.15) is 0 Å². The lowest BCUT2D eigenvalue weighted by Crippen LogP contribution is -2.36. The first-order valence-corrected chi connectivity index (χ1v) is 7.16. The third-order valence-electron chi connectivity index (χ3n) is 3.76. The molecule has 0 unspecified atom stereocenters. The van der Waals surface area contributed by atoms with Crippen molar-refractivity contribution in [2.75, 3.05) is 17.2 Å². The molecular formula is C15H27N3. The van der Waals surface area contributed by atoms with Crippen LogP contribution in [-0.2, 0) is 0 Å². The maximum atomic E-state index is 4.30. The van der Waals surface area contributed by atoms with Crippen LogP contribution in [0.1, 0.15) is 53.4 Å². The molecule has 0 radical (unpaired) electrons. The molecule has 3 nitrogen and oxygen atoms in total. The minimum atomic E-state index is 0.199. The zero-order valence-electron chi connectivity index (χ0n) is 12.2. The fourth-order valence-electron chi connectivity index (χ4n) is 2.20. The van der Waals surface area contributed by atoms with Gasteiger partial charge >= 0.3 is 0 Å². The van der Waals surface area contributed by atoms with Gasteiger partial charge in [-0.3, -0.25) is 4.98 Å². The second-order valence-electron chi connectivity index (χ2n) is 4.86. The lowest BCUT2D eigenvalue weighted by Gasteiger charge is -2.33. The van der Waals surface area contributed by atoms with E-state index in [1.807, 2.05) is 12.4 Å². The van der Waals surface area contributed by atoms with Crippen molar-refractivity contribution in [1.82, 2.24) is 4.98 Å². The fourth-order valence-corrected chi connectivity index (χ4v) is 2.20. The van der Waals surface area contributed by atoms with Crippen LogP contribution < -0.4 is 10.6 Å². The second-order valence-corrected chi connectivity index (χ2v) is 4.86. The number of aromatic nitrogens is 1. The quantitative estimate of drug-likeness (QED) is 0.722. The number of hydrogen-bond acceptors (Lipinski definition) is 3. The molecule has 1 rings (SSSR count). The van der Waals surface area contributed by atoms with Crippen LogP contribution in [0.15, 0.2) is 18.5 Å². The van der Waals surface area contributed by atoms with Crippen LogP contribution in [0.25, 0.3) is 0 Å². The second kappa shape index (κ2) is 7.24. The number of rotatable bonds is 8. The Hall–Kier alpha value is -1.25. The zero-order valence-corrected chi connectivity index (χ0v) is 12.2. The molecular weight excluding hydrogens is 222 g/mol. The summed E-state index contributed by atoms with van der Waals surface area (Å²) in [6, 6.07) is 2.15. The maximum absolute atomic E-state index is 4.30. The highest BCUT2D eigenvalue weighted by molar-refractivity contribution is 5.55. The molecule has 1 aromatic heterocycles. The minimum absolute atomic E-state index is 0.199. The molecule has 1 heterocycles. The largest absolute Gasteiger partial charge is 0.384 e. The van der Waals surface area contributed by atoms with E-state index in [-0.39, 0.29) is 5.54 Å². The molecule has 0 atom stereocenters. The standard InChI is InChI=1S/C15H27N3/c1-5-9-17-13-10-14(12-16-11-13)18-15(6-2,7-3)8-4/h10-12,17-18H,5-9H2,1-4H3. The van der Waals surface area contributed by atoms with E-state index in [0.29, 0.717) is 0 Å². The summed E-state index contributed by atoms with van der Waals surface area (Å²) in [7, 11) is 0. The van der Waals surface area contributed by atoms with Gasteiger partial charge in [-0.05, 0) is 31.7 Å². The molecule has 0 saturated heterocycles. The molecule has 0 aliphatic rings. The lowest BCUT2D eigenvalue weighted by molar-refractivity contribution is 0.420. The van der Waals surface area contributed by atoms with Gasteiger partial charge in [0.1, 0.15) is 0 Å². The monoisotopic (exact) mass is 249 g/mol. The van der Waals surface area contributed by atoms with Crippen LogP contribution in [0.2, 0.25) is 0 Å². The highest BCUT2D eigenvalue weighted by Crippen LogP contribution is 2.26. The Kier molecular flexibility index (Phi) is 5.96. The van der Waals surface area contributed by atoms with E-state index in [1.54, 1.807) is 0 Å². The molecule has 3 heteroatoms. The van der Waals surface area contributed by atoms with E-state index in [4.69, 9.17) is 0 Å². The number of nitrogens with zero attached hydrogens (tertiary/aromatic N) is 1. The summed E-state index contributed by atoms with van der Waals surface area (Å²) in [6.07, 6.45) is 8.31. The smallest absolute Gasteiger partial charge is 0.0551 e. The van der Waals surface area contributed by atoms with E-state index in [9.17, 15) is 0 Å². The predicted molar refractivity (Wildman–Crippen MR) is 80.2 cm³/mol. The van der Waals surface area contributed by atoms with Crippen molar-refractivity contribution in [3.8, 4) is 0 Å². The van der Waals surface area contributed by atoms with Crippen molar-refractivity contribution in [1.29, 1.82) is 0 Å². The van der Waals surface area contributed by atoms with Crippen molar-refractivity contribution in [3.63, 3.8) is 0 Å². The van der Waals surface area contributed by atoms with Gasteiger partial charge in [0, 0.05) is 12.1 Å². The van der Waals surface area contributed by atoms with Crippen LogP contribution in [-0.4, -0.2) is 17.1 Å². The minimum Gasteiger partial charge on any atom is -0.384 e. The van der Waals surface area contributed by atoms with Crippen molar-refractivity contribution in [3.05, 3.63) is 18.5 Å². The first-order valence-electron chi connectivity index (χ1n) is 7.16. The van der Waals surface area contributed by atoms with Gasteiger partial charge in [0.15, 0.2) is 0 Å². The average Bonchev–Trinajstić information content (AvgIpc) is 2.43. The normalized spacial score (nSPS) is 11.3. The summed E-state index contributed by atoms with van der Waals surface area (Å²) in [4.78, 5) is 4.30. The van der Waals surface area contributed by atoms with Crippen molar-refractivity contribution < 1.29 is 0 Å². The van der Waals surface area contributed by atoms with Gasteiger partial charge in [-0.25, -0.2) is 0 Å². The summed E-state index contributed by atoms with van der Waals surface area (Å²) >= 11 is 0. The highest BCUT2D eigenvalue weighted by Gasteiger charge is 2.23. The molecule has 0 amide bonds. The number of pyridine rings is 1. The molecule has 0 aromatic carbocycles. The molecule has 2 N–H and O–H groups in total. The number of nitrogens with one attached hydrogen (secondary N) is 2. The average molecular weight is 249 g/mol. The molecule has 0 saturated carbocycles. The number of hydrogen-bond donors (Lipinski definition) is 2. The topological polar surface area (TPSA) is 37.0 Å². The Morgan fingerprint density at radius 3 is 2.17 bits per heavy atom. The predicted octanol–water partition coefficient (Wildman–Crippen LogP) is 4.28. The molecule has 18 heavy (non-hydrogen) atoms. The van der Waals surface area contributed by atoms with Crippen LogP contribution >= 0.6 is 0 Å². The molecule has 102 valence electrons. The summed E-state index contributed by atoms with van der Waals surface area (Å²) in [5.41, 5.74) is 2.41. The SMILES string of the molecule is CCCNc1cncc(NC(CC)(CC)CC)c1. The van der Waals surface area contributed by atoms with E-state index in [0.717, 1.165) is 43.6 Å². The molecule has 0 fully saturated rings. The van der Waals surface area contributed by atoms with Crippen LogP contribution in [0.5, 0.6) is 0 Å². The molecule has 0 aliphatic carbocycles. The Morgan fingerprint density at radius 2 is 1.61 bits per heavy atom. The third-order valence-corrected chi connectivity index (χ3v) is 3.76. The number of anilines is 2. The van der Waals surface area contributed by atoms with Gasteiger partial charge < -0.3 is 10.6 Å². The van der Waals surface area contributed by atoms with E-state index in [2.05, 4.69) is 49.4 Å². The molecule has 0 bridgehead atoms. The molecule has 1 aromatic rings. The highest BCUT2D eigenvalue weighted by atomic mass is 15.0. The van der Waals surface area contributed by atoms with E-state index >= 15 is 0 Å². The van der Waals surface area contributed by atoms with Crippen LogP contribution in [0.3, 0.4) is 0 Å². The first-order chi connectivity index (χ1) is 8.69. The van der Waals surface area contributed by atoms with Crippen LogP contribution in [0.4, 0.5) is 11.4 Å². The first kappa shape index (κ1) is 14.8. The third kappa shape index (κ3) is 3.90. The Bertz CT molecular complexity index is 337. The van der Waals surface area contributed by atoms with Crippen molar-refractivity contribution in [2.24, 2.45) is 0 Å². The van der Waals surface area contributed by atoms with Crippen molar-refractivity contribution >= 4 is 11.4 Å². The van der Waals surface area contributed by atoms with E-state index < -0.39 is 0 Å². The maximum Gasteiger partial charge on any atom is 0.0551 e. The van der Waals surface area contributed by atoms with Gasteiger partial charge in [0.2, 0.25) is 0 Å². The Morgan fingerprint density at radius 1 is 1.00 bits per heavy atom. The van der Waals surface area contributed by atoms with Gasteiger partial charge in [-0.15, -0.1) is 0 Å². The summed E-state index contributed by atoms with van der Waals surface area (Å²) in [6.45, 7) is 9.89. The van der Waals surface area contributed by atoms with Gasteiger partial charge in [0.25, 0.3) is 0 Å².